The molecule has 1 aromatic carbocycles. The Hall–Kier alpha value is -2.37. The summed E-state index contributed by atoms with van der Waals surface area (Å²) >= 11 is 0. The normalized spacial score (nSPS) is 10.3. The fourth-order valence-electron chi connectivity index (χ4n) is 1.50. The molecule has 1 aromatic heterocycles. The average Bonchev–Trinajstić information content (AvgIpc) is 2.57. The van der Waals surface area contributed by atoms with Crippen LogP contribution in [0.1, 0.15) is 0 Å². The summed E-state index contributed by atoms with van der Waals surface area (Å²) in [5.41, 5.74) is 6.43. The number of hydrogen-bond acceptors (Lipinski definition) is 4. The van der Waals surface area contributed by atoms with Crippen molar-refractivity contribution in [2.75, 3.05) is 5.73 Å². The molecule has 0 aliphatic rings. The predicted molar refractivity (Wildman–Crippen MR) is 59.7 cm³/mol. The van der Waals surface area contributed by atoms with E-state index in [9.17, 15) is 10.1 Å². The van der Waals surface area contributed by atoms with Crippen LogP contribution in [0.4, 0.5) is 11.5 Å². The molecule has 0 radical (unpaired) electrons. The molecule has 1 heterocycles. The molecule has 6 nitrogen and oxygen atoms in total. The van der Waals surface area contributed by atoms with Gasteiger partial charge in [-0.2, -0.15) is 5.10 Å². The van der Waals surface area contributed by atoms with E-state index in [1.165, 1.54) is 4.68 Å². The van der Waals surface area contributed by atoms with Gasteiger partial charge < -0.3 is 5.73 Å². The van der Waals surface area contributed by atoms with Crippen LogP contribution in [0.25, 0.3) is 11.3 Å². The van der Waals surface area contributed by atoms with E-state index in [0.29, 0.717) is 11.3 Å². The van der Waals surface area contributed by atoms with Crippen molar-refractivity contribution in [3.8, 4) is 11.3 Å². The van der Waals surface area contributed by atoms with Gasteiger partial charge in [0.2, 0.25) is 5.82 Å². The Morgan fingerprint density at radius 1 is 1.38 bits per heavy atom. The Bertz CT molecular complexity index is 533. The Morgan fingerprint density at radius 2 is 2.00 bits per heavy atom. The molecular formula is C10H10N4O2. The zero-order valence-electron chi connectivity index (χ0n) is 8.62. The van der Waals surface area contributed by atoms with Gasteiger partial charge in [-0.05, 0) is 0 Å². The molecule has 0 bridgehead atoms. The molecule has 16 heavy (non-hydrogen) atoms. The van der Waals surface area contributed by atoms with Gasteiger partial charge in [0.05, 0.1) is 4.92 Å². The molecular weight excluding hydrogens is 208 g/mol. The Labute approximate surface area is 91.5 Å². The molecule has 2 rings (SSSR count). The first kappa shape index (κ1) is 10.2. The number of nitrogen functional groups attached to an aromatic ring is 1. The molecule has 2 aromatic rings. The number of nitrogens with two attached hydrogens (primary N) is 1. The molecule has 0 amide bonds. The summed E-state index contributed by atoms with van der Waals surface area (Å²) in [4.78, 5) is 10.4. The Kier molecular flexibility index (Phi) is 2.32. The summed E-state index contributed by atoms with van der Waals surface area (Å²) in [7, 11) is 1.58. The van der Waals surface area contributed by atoms with Crippen LogP contribution in [0.2, 0.25) is 0 Å². The first-order chi connectivity index (χ1) is 7.61. The number of anilines is 1. The number of aryl methyl sites for hydroxylation is 1. The second-order valence-electron chi connectivity index (χ2n) is 3.33. The SMILES string of the molecule is Cn1nc(-c2ccccc2)c([N+](=O)[O-])c1N. The highest BCUT2D eigenvalue weighted by molar-refractivity contribution is 5.76. The molecule has 0 saturated carbocycles. The van der Waals surface area contributed by atoms with Crippen molar-refractivity contribution in [3.05, 3.63) is 40.4 Å². The van der Waals surface area contributed by atoms with Crippen LogP contribution < -0.4 is 5.73 Å². The second-order valence-corrected chi connectivity index (χ2v) is 3.33. The lowest BCUT2D eigenvalue weighted by atomic mass is 10.1. The number of aromatic nitrogens is 2. The highest BCUT2D eigenvalue weighted by Crippen LogP contribution is 2.33. The van der Waals surface area contributed by atoms with Gasteiger partial charge in [-0.25, -0.2) is 4.68 Å². The maximum Gasteiger partial charge on any atom is 0.338 e. The summed E-state index contributed by atoms with van der Waals surface area (Å²) in [5.74, 6) is 0.0591. The van der Waals surface area contributed by atoms with E-state index in [1.54, 1.807) is 31.3 Å². The van der Waals surface area contributed by atoms with Crippen LogP contribution in [0.3, 0.4) is 0 Å². The Morgan fingerprint density at radius 3 is 2.56 bits per heavy atom. The summed E-state index contributed by atoms with van der Waals surface area (Å²) in [5, 5.41) is 15.0. The van der Waals surface area contributed by atoms with Crippen molar-refractivity contribution in [1.82, 2.24) is 9.78 Å². The van der Waals surface area contributed by atoms with Crippen molar-refractivity contribution < 1.29 is 4.92 Å². The van der Waals surface area contributed by atoms with Gasteiger partial charge in [-0.15, -0.1) is 0 Å². The van der Waals surface area contributed by atoms with Crippen LogP contribution in [0.15, 0.2) is 30.3 Å². The molecule has 2 N–H and O–H groups in total. The molecule has 0 fully saturated rings. The molecule has 6 heteroatoms. The largest absolute Gasteiger partial charge is 0.378 e. The van der Waals surface area contributed by atoms with Crippen LogP contribution in [0.5, 0.6) is 0 Å². The third-order valence-corrected chi connectivity index (χ3v) is 2.30. The zero-order chi connectivity index (χ0) is 11.7. The lowest BCUT2D eigenvalue weighted by molar-refractivity contribution is -0.383. The first-order valence-electron chi connectivity index (χ1n) is 4.63. The third-order valence-electron chi connectivity index (χ3n) is 2.30. The smallest absolute Gasteiger partial charge is 0.338 e. The fourth-order valence-corrected chi connectivity index (χ4v) is 1.50. The fraction of sp³-hybridized carbons (Fsp3) is 0.100. The van der Waals surface area contributed by atoms with E-state index in [1.807, 2.05) is 6.07 Å². The highest BCUT2D eigenvalue weighted by atomic mass is 16.6. The zero-order valence-corrected chi connectivity index (χ0v) is 8.62. The average molecular weight is 218 g/mol. The number of nitrogens with zero attached hydrogens (tertiary/aromatic N) is 3. The van der Waals surface area contributed by atoms with E-state index in [0.717, 1.165) is 0 Å². The standard InChI is InChI=1S/C10H10N4O2/c1-13-10(11)9(14(15)16)8(12-13)7-5-3-2-4-6-7/h2-6H,11H2,1H3. The maximum absolute atomic E-state index is 10.9. The van der Waals surface area contributed by atoms with Gasteiger partial charge in [0.15, 0.2) is 5.69 Å². The minimum atomic E-state index is -0.509. The molecule has 0 unspecified atom stereocenters. The van der Waals surface area contributed by atoms with E-state index < -0.39 is 4.92 Å². The van der Waals surface area contributed by atoms with E-state index in [-0.39, 0.29) is 11.5 Å². The summed E-state index contributed by atoms with van der Waals surface area (Å²) in [6, 6.07) is 8.94. The van der Waals surface area contributed by atoms with Crippen LogP contribution in [-0.2, 0) is 7.05 Å². The Balaban J connectivity index is 2.66. The lowest BCUT2D eigenvalue weighted by Gasteiger charge is -1.95. The number of rotatable bonds is 2. The second kappa shape index (κ2) is 3.65. The molecule has 0 saturated heterocycles. The maximum atomic E-state index is 10.9. The molecule has 0 spiro atoms. The first-order valence-corrected chi connectivity index (χ1v) is 4.63. The van der Waals surface area contributed by atoms with Crippen LogP contribution >= 0.6 is 0 Å². The molecule has 0 atom stereocenters. The molecule has 0 aliphatic heterocycles. The van der Waals surface area contributed by atoms with Gasteiger partial charge in [-0.1, -0.05) is 30.3 Å². The minimum Gasteiger partial charge on any atom is -0.378 e. The van der Waals surface area contributed by atoms with Crippen LogP contribution in [0, 0.1) is 10.1 Å². The van der Waals surface area contributed by atoms with Crippen molar-refractivity contribution in [1.29, 1.82) is 0 Å². The molecule has 82 valence electrons. The molecule has 0 aliphatic carbocycles. The van der Waals surface area contributed by atoms with Crippen molar-refractivity contribution in [2.45, 2.75) is 0 Å². The van der Waals surface area contributed by atoms with E-state index in [4.69, 9.17) is 5.73 Å². The lowest BCUT2D eigenvalue weighted by Crippen LogP contribution is -1.99. The number of benzene rings is 1. The summed E-state index contributed by atoms with van der Waals surface area (Å²) in [6.45, 7) is 0. The topological polar surface area (TPSA) is 87.0 Å². The van der Waals surface area contributed by atoms with Crippen molar-refractivity contribution in [2.24, 2.45) is 7.05 Å². The predicted octanol–water partition coefficient (Wildman–Crippen LogP) is 1.58. The number of hydrogen-bond donors (Lipinski definition) is 1. The van der Waals surface area contributed by atoms with Gasteiger partial charge in [0.1, 0.15) is 0 Å². The van der Waals surface area contributed by atoms with Gasteiger partial charge >= 0.3 is 5.69 Å². The van der Waals surface area contributed by atoms with Gasteiger partial charge in [0.25, 0.3) is 0 Å². The minimum absolute atomic E-state index is 0.0591. The van der Waals surface area contributed by atoms with Crippen molar-refractivity contribution in [3.63, 3.8) is 0 Å². The van der Waals surface area contributed by atoms with E-state index >= 15 is 0 Å². The monoisotopic (exact) mass is 218 g/mol. The summed E-state index contributed by atoms with van der Waals surface area (Å²) < 4.78 is 1.31. The van der Waals surface area contributed by atoms with Gasteiger partial charge in [0, 0.05) is 12.6 Å². The van der Waals surface area contributed by atoms with Crippen LogP contribution in [-0.4, -0.2) is 14.7 Å². The number of nitro groups is 1. The highest BCUT2D eigenvalue weighted by Gasteiger charge is 2.25. The van der Waals surface area contributed by atoms with Gasteiger partial charge in [-0.3, -0.25) is 10.1 Å². The van der Waals surface area contributed by atoms with E-state index in [2.05, 4.69) is 5.10 Å². The van der Waals surface area contributed by atoms with Crippen molar-refractivity contribution >= 4 is 11.5 Å². The third kappa shape index (κ3) is 1.50. The summed E-state index contributed by atoms with van der Waals surface area (Å²) in [6.07, 6.45) is 0. The quantitative estimate of drug-likeness (QED) is 0.612.